The van der Waals surface area contributed by atoms with Gasteiger partial charge in [-0.15, -0.1) is 0 Å². The summed E-state index contributed by atoms with van der Waals surface area (Å²) in [5.74, 6) is 0.492. The highest BCUT2D eigenvalue weighted by molar-refractivity contribution is 7.87. The summed E-state index contributed by atoms with van der Waals surface area (Å²) in [4.78, 5) is 5.40. The lowest BCUT2D eigenvalue weighted by Crippen LogP contribution is -2.45. The predicted octanol–water partition coefficient (Wildman–Crippen LogP) is 3.93. The summed E-state index contributed by atoms with van der Waals surface area (Å²) in [6, 6.07) is 16.5. The number of hydrogen-bond donors (Lipinski definition) is 2. The lowest BCUT2D eigenvalue weighted by molar-refractivity contribution is 0.285. The summed E-state index contributed by atoms with van der Waals surface area (Å²) in [7, 11) is 0.516. The number of aromatic nitrogens is 1. The zero-order chi connectivity index (χ0) is 22.0. The molecule has 0 saturated carbocycles. The van der Waals surface area contributed by atoms with Gasteiger partial charge in [-0.1, -0.05) is 37.3 Å². The van der Waals surface area contributed by atoms with Gasteiger partial charge in [0.1, 0.15) is 0 Å². The van der Waals surface area contributed by atoms with Crippen LogP contribution in [0.15, 0.2) is 54.7 Å². The van der Waals surface area contributed by atoms with Crippen LogP contribution >= 0.6 is 0 Å². The van der Waals surface area contributed by atoms with E-state index in [0.29, 0.717) is 25.6 Å². The number of para-hydroxylation sites is 1. The van der Waals surface area contributed by atoms with Gasteiger partial charge >= 0.3 is 0 Å². The summed E-state index contributed by atoms with van der Waals surface area (Å²) in [5, 5.41) is 1.12. The van der Waals surface area contributed by atoms with Gasteiger partial charge in [-0.25, -0.2) is 4.72 Å². The molecule has 0 bridgehead atoms. The molecule has 4 rings (SSSR count). The second-order valence-electron chi connectivity index (χ2n) is 8.76. The molecule has 0 spiro atoms. The first-order valence-corrected chi connectivity index (χ1v) is 12.4. The third kappa shape index (κ3) is 4.79. The number of benzene rings is 2. The average molecular weight is 441 g/mol. The van der Waals surface area contributed by atoms with Crippen LogP contribution in [0.2, 0.25) is 0 Å². The molecule has 1 fully saturated rings. The monoisotopic (exact) mass is 440 g/mol. The van der Waals surface area contributed by atoms with Gasteiger partial charge in [0.2, 0.25) is 0 Å². The van der Waals surface area contributed by atoms with Crippen LogP contribution in [-0.2, 0) is 10.2 Å². The lowest BCUT2D eigenvalue weighted by atomic mass is 9.91. The van der Waals surface area contributed by atoms with E-state index in [1.54, 1.807) is 4.31 Å². The largest absolute Gasteiger partial charge is 0.378 e. The fraction of sp³-hybridized carbons (Fsp3) is 0.417. The van der Waals surface area contributed by atoms with Gasteiger partial charge in [-0.2, -0.15) is 12.7 Å². The van der Waals surface area contributed by atoms with E-state index >= 15 is 0 Å². The molecule has 166 valence electrons. The number of nitrogens with zero attached hydrogens (tertiary/aromatic N) is 2. The molecule has 0 aliphatic carbocycles. The maximum Gasteiger partial charge on any atom is 0.279 e. The van der Waals surface area contributed by atoms with E-state index in [0.717, 1.165) is 40.6 Å². The maximum absolute atomic E-state index is 13.0. The Hall–Kier alpha value is -2.35. The van der Waals surface area contributed by atoms with Gasteiger partial charge in [0.15, 0.2) is 0 Å². The SMILES string of the molecule is CC1CCN(S(=O)(=O)NCC(c2ccc(N(C)C)cc2)c2c[nH]c3ccccc23)CC1. The van der Waals surface area contributed by atoms with Gasteiger partial charge in [-0.3, -0.25) is 0 Å². The molecule has 7 heteroatoms. The Bertz CT molecular complexity index is 1110. The fourth-order valence-corrected chi connectivity index (χ4v) is 5.55. The number of nitrogens with one attached hydrogen (secondary N) is 2. The second-order valence-corrected chi connectivity index (χ2v) is 10.5. The molecule has 1 aromatic heterocycles. The Morgan fingerprint density at radius 3 is 2.45 bits per heavy atom. The summed E-state index contributed by atoms with van der Waals surface area (Å²) in [6.07, 6.45) is 3.84. The normalized spacial score (nSPS) is 17.1. The van der Waals surface area contributed by atoms with Crippen LogP contribution < -0.4 is 9.62 Å². The molecule has 1 aliphatic rings. The molecule has 2 N–H and O–H groups in total. The van der Waals surface area contributed by atoms with Gasteiger partial charge < -0.3 is 9.88 Å². The molecule has 6 nitrogen and oxygen atoms in total. The Kier molecular flexibility index (Phi) is 6.36. The van der Waals surface area contributed by atoms with E-state index in [4.69, 9.17) is 0 Å². The number of rotatable bonds is 7. The molecule has 1 saturated heterocycles. The Morgan fingerprint density at radius 1 is 1.10 bits per heavy atom. The van der Waals surface area contributed by atoms with Crippen molar-refractivity contribution in [2.45, 2.75) is 25.7 Å². The van der Waals surface area contributed by atoms with E-state index in [1.165, 1.54) is 0 Å². The van der Waals surface area contributed by atoms with Gasteiger partial charge in [0, 0.05) is 62.4 Å². The highest BCUT2D eigenvalue weighted by Crippen LogP contribution is 2.32. The van der Waals surface area contributed by atoms with Crippen molar-refractivity contribution >= 4 is 26.8 Å². The van der Waals surface area contributed by atoms with Crippen LogP contribution in [-0.4, -0.2) is 51.4 Å². The molecule has 1 atom stereocenters. The molecule has 1 aliphatic heterocycles. The van der Waals surface area contributed by atoms with Crippen molar-refractivity contribution in [3.8, 4) is 0 Å². The standard InChI is InChI=1S/C24H32N4O2S/c1-18-12-14-28(15-13-18)31(29,30)26-17-22(19-8-10-20(11-9-19)27(2)3)23-16-25-24-7-5-4-6-21(23)24/h4-11,16,18,22,25-26H,12-15,17H2,1-3H3. The van der Waals surface area contributed by atoms with Crippen molar-refractivity contribution in [2.24, 2.45) is 5.92 Å². The smallest absolute Gasteiger partial charge is 0.279 e. The minimum Gasteiger partial charge on any atom is -0.378 e. The Morgan fingerprint density at radius 2 is 1.77 bits per heavy atom. The molecule has 0 radical (unpaired) electrons. The van der Waals surface area contributed by atoms with E-state index in [9.17, 15) is 8.42 Å². The van der Waals surface area contributed by atoms with Crippen molar-refractivity contribution < 1.29 is 8.42 Å². The molecule has 3 aromatic rings. The van der Waals surface area contributed by atoms with Gasteiger partial charge in [0.05, 0.1) is 0 Å². The topological polar surface area (TPSA) is 68.4 Å². The van der Waals surface area contributed by atoms with Crippen LogP contribution in [0.5, 0.6) is 0 Å². The minimum absolute atomic E-state index is 0.0918. The summed E-state index contributed by atoms with van der Waals surface area (Å²) in [6.45, 7) is 3.68. The maximum atomic E-state index is 13.0. The molecular formula is C24H32N4O2S. The number of aromatic amines is 1. The number of fused-ring (bicyclic) bond motifs is 1. The van der Waals surface area contributed by atoms with Crippen LogP contribution in [0.3, 0.4) is 0 Å². The number of anilines is 1. The first-order chi connectivity index (χ1) is 14.8. The van der Waals surface area contributed by atoms with Gasteiger partial charge in [0.25, 0.3) is 10.2 Å². The molecule has 2 aromatic carbocycles. The van der Waals surface area contributed by atoms with Crippen molar-refractivity contribution in [3.05, 3.63) is 65.9 Å². The third-order valence-electron chi connectivity index (χ3n) is 6.36. The summed E-state index contributed by atoms with van der Waals surface area (Å²) < 4.78 is 30.5. The van der Waals surface area contributed by atoms with E-state index in [2.05, 4.69) is 51.9 Å². The highest BCUT2D eigenvalue weighted by atomic mass is 32.2. The number of piperidine rings is 1. The van der Waals surface area contributed by atoms with Crippen LogP contribution in [0.1, 0.15) is 36.8 Å². The molecule has 31 heavy (non-hydrogen) atoms. The quantitative estimate of drug-likeness (QED) is 0.585. The lowest BCUT2D eigenvalue weighted by Gasteiger charge is -2.30. The molecule has 0 amide bonds. The van der Waals surface area contributed by atoms with E-state index in [-0.39, 0.29) is 5.92 Å². The third-order valence-corrected chi connectivity index (χ3v) is 7.94. The van der Waals surface area contributed by atoms with Crippen LogP contribution in [0, 0.1) is 5.92 Å². The molecule has 1 unspecified atom stereocenters. The van der Waals surface area contributed by atoms with Crippen LogP contribution in [0.4, 0.5) is 5.69 Å². The van der Waals surface area contributed by atoms with Crippen molar-refractivity contribution in [1.82, 2.24) is 14.0 Å². The Labute approximate surface area is 185 Å². The zero-order valence-electron chi connectivity index (χ0n) is 18.5. The summed E-state index contributed by atoms with van der Waals surface area (Å²) in [5.41, 5.74) is 4.36. The minimum atomic E-state index is -3.51. The van der Waals surface area contributed by atoms with Crippen molar-refractivity contribution in [1.29, 1.82) is 0 Å². The zero-order valence-corrected chi connectivity index (χ0v) is 19.3. The van der Waals surface area contributed by atoms with E-state index < -0.39 is 10.2 Å². The Balaban J connectivity index is 1.63. The molecular weight excluding hydrogens is 408 g/mol. The highest BCUT2D eigenvalue weighted by Gasteiger charge is 2.28. The van der Waals surface area contributed by atoms with Gasteiger partial charge in [-0.05, 0) is 48.1 Å². The fourth-order valence-electron chi connectivity index (χ4n) is 4.30. The summed E-state index contributed by atoms with van der Waals surface area (Å²) >= 11 is 0. The van der Waals surface area contributed by atoms with E-state index in [1.807, 2.05) is 38.5 Å². The van der Waals surface area contributed by atoms with Crippen LogP contribution in [0.25, 0.3) is 10.9 Å². The first-order valence-electron chi connectivity index (χ1n) is 10.9. The van der Waals surface area contributed by atoms with Crippen molar-refractivity contribution in [2.75, 3.05) is 38.6 Å². The first kappa shape index (κ1) is 21.9. The van der Waals surface area contributed by atoms with Crippen molar-refractivity contribution in [3.63, 3.8) is 0 Å². The predicted molar refractivity (Wildman–Crippen MR) is 128 cm³/mol. The number of hydrogen-bond acceptors (Lipinski definition) is 3. The number of H-pyrrole nitrogens is 1. The second kappa shape index (κ2) is 9.02. The molecule has 2 heterocycles. The average Bonchev–Trinajstić information content (AvgIpc) is 3.18.